The Morgan fingerprint density at radius 3 is 2.47 bits per heavy atom. The van der Waals surface area contributed by atoms with Crippen LogP contribution in [0.25, 0.3) is 10.9 Å². The van der Waals surface area contributed by atoms with Gasteiger partial charge in [-0.3, -0.25) is 9.69 Å². The molecule has 0 spiro atoms. The van der Waals surface area contributed by atoms with E-state index in [2.05, 4.69) is 4.90 Å². The lowest BCUT2D eigenvalue weighted by molar-refractivity contribution is -0.149. The third-order valence-electron chi connectivity index (χ3n) is 7.02. The topological polar surface area (TPSA) is 34.5 Å². The fourth-order valence-electron chi connectivity index (χ4n) is 4.97. The van der Waals surface area contributed by atoms with E-state index in [0.717, 1.165) is 48.1 Å². The predicted molar refractivity (Wildman–Crippen MR) is 137 cm³/mol. The third-order valence-corrected chi connectivity index (χ3v) is 7.84. The molecule has 1 aliphatic rings. The van der Waals surface area contributed by atoms with E-state index in [1.165, 1.54) is 13.0 Å². The van der Waals surface area contributed by atoms with E-state index < -0.39 is 11.7 Å². The maximum absolute atomic E-state index is 13.4. The number of rotatable bonds is 6. The fourth-order valence-corrected chi connectivity index (χ4v) is 5.53. The van der Waals surface area contributed by atoms with Gasteiger partial charge in [0, 0.05) is 41.6 Å². The van der Waals surface area contributed by atoms with Crippen molar-refractivity contribution in [3.8, 4) is 0 Å². The normalized spacial score (nSPS) is 15.6. The van der Waals surface area contributed by atoms with Gasteiger partial charge in [-0.1, -0.05) is 29.3 Å². The minimum absolute atomic E-state index is 0.0644. The number of fused-ring (bicyclic) bond motifs is 1. The Morgan fingerprint density at radius 2 is 1.83 bits per heavy atom. The molecular weight excluding hydrogens is 512 g/mol. The van der Waals surface area contributed by atoms with Crippen LogP contribution in [0.3, 0.4) is 0 Å². The van der Waals surface area contributed by atoms with Crippen LogP contribution in [0.5, 0.6) is 0 Å². The van der Waals surface area contributed by atoms with Crippen LogP contribution in [0.1, 0.15) is 47.7 Å². The number of alkyl halides is 3. The Morgan fingerprint density at radius 1 is 1.14 bits per heavy atom. The monoisotopic (exact) mass is 540 g/mol. The van der Waals surface area contributed by atoms with Gasteiger partial charge in [0.1, 0.15) is 0 Å². The van der Waals surface area contributed by atoms with E-state index in [-0.39, 0.29) is 17.5 Å². The maximum Gasteiger partial charge on any atom is 0.416 e. The molecule has 9 heteroatoms. The molecule has 0 atom stereocenters. The lowest BCUT2D eigenvalue weighted by Gasteiger charge is -2.31. The molecule has 0 N–H and O–H groups in total. The van der Waals surface area contributed by atoms with Crippen molar-refractivity contribution in [3.63, 3.8) is 0 Å². The molecule has 2 heterocycles. The molecule has 1 saturated heterocycles. The van der Waals surface area contributed by atoms with Crippen molar-refractivity contribution in [2.45, 2.75) is 45.8 Å². The Bertz CT molecular complexity index is 1280. The van der Waals surface area contributed by atoms with E-state index in [9.17, 15) is 18.0 Å². The third kappa shape index (κ3) is 5.53. The molecule has 36 heavy (non-hydrogen) atoms. The molecule has 0 radical (unpaired) electrons. The number of nitrogens with zero attached hydrogens (tertiary/aromatic N) is 2. The molecule has 0 bridgehead atoms. The molecule has 0 amide bonds. The SMILES string of the molecule is CCOC(=O)C1CCN(Cc2ccc(Cl)c(Cc3cc4cc(C)c(C(F)(F)F)cc4n3C)c2Cl)CC1. The zero-order chi connectivity index (χ0) is 26.2. The van der Waals surface area contributed by atoms with Gasteiger partial charge in [0.15, 0.2) is 0 Å². The van der Waals surface area contributed by atoms with Crippen LogP contribution >= 0.6 is 23.2 Å². The highest BCUT2D eigenvalue weighted by Gasteiger charge is 2.33. The van der Waals surface area contributed by atoms with Crippen molar-refractivity contribution in [1.29, 1.82) is 0 Å². The summed E-state index contributed by atoms with van der Waals surface area (Å²) in [4.78, 5) is 14.3. The van der Waals surface area contributed by atoms with E-state index in [1.807, 2.05) is 25.1 Å². The first-order valence-corrected chi connectivity index (χ1v) is 12.8. The second-order valence-electron chi connectivity index (χ2n) is 9.40. The number of aryl methyl sites for hydroxylation is 2. The maximum atomic E-state index is 13.4. The molecule has 4 rings (SSSR count). The van der Waals surface area contributed by atoms with Crippen molar-refractivity contribution >= 4 is 40.1 Å². The van der Waals surface area contributed by atoms with Gasteiger partial charge in [-0.2, -0.15) is 13.2 Å². The summed E-state index contributed by atoms with van der Waals surface area (Å²) >= 11 is 13.4. The van der Waals surface area contributed by atoms with Crippen molar-refractivity contribution in [1.82, 2.24) is 9.47 Å². The highest BCUT2D eigenvalue weighted by molar-refractivity contribution is 6.36. The Balaban J connectivity index is 1.55. The minimum Gasteiger partial charge on any atom is -0.466 e. The Kier molecular flexibility index (Phi) is 7.93. The second kappa shape index (κ2) is 10.6. The average Bonchev–Trinajstić information content (AvgIpc) is 3.12. The van der Waals surface area contributed by atoms with Gasteiger partial charge in [0.25, 0.3) is 0 Å². The quantitative estimate of drug-likeness (QED) is 0.310. The largest absolute Gasteiger partial charge is 0.466 e. The fraction of sp³-hybridized carbons (Fsp3) is 0.444. The highest BCUT2D eigenvalue weighted by atomic mass is 35.5. The number of hydrogen-bond acceptors (Lipinski definition) is 3. The first-order chi connectivity index (χ1) is 17.0. The first-order valence-electron chi connectivity index (χ1n) is 12.0. The number of carbonyl (C=O) groups is 1. The predicted octanol–water partition coefficient (Wildman–Crippen LogP) is 7.18. The molecule has 4 nitrogen and oxygen atoms in total. The molecule has 2 aromatic carbocycles. The van der Waals surface area contributed by atoms with Crippen molar-refractivity contribution in [3.05, 3.63) is 68.3 Å². The average molecular weight is 541 g/mol. The van der Waals surface area contributed by atoms with Crippen LogP contribution in [0.2, 0.25) is 10.0 Å². The molecule has 0 saturated carbocycles. The number of aromatic nitrogens is 1. The summed E-state index contributed by atoms with van der Waals surface area (Å²) in [6.45, 7) is 5.83. The highest BCUT2D eigenvalue weighted by Crippen LogP contribution is 2.37. The number of ether oxygens (including phenoxy) is 1. The molecule has 0 unspecified atom stereocenters. The summed E-state index contributed by atoms with van der Waals surface area (Å²) in [5.74, 6) is -0.193. The van der Waals surface area contributed by atoms with Crippen LogP contribution in [0.4, 0.5) is 13.2 Å². The van der Waals surface area contributed by atoms with Gasteiger partial charge in [-0.05, 0) is 80.7 Å². The first kappa shape index (κ1) is 26.8. The van der Waals surface area contributed by atoms with Crippen molar-refractivity contribution in [2.75, 3.05) is 19.7 Å². The van der Waals surface area contributed by atoms with Gasteiger partial charge < -0.3 is 9.30 Å². The lowest BCUT2D eigenvalue weighted by atomic mass is 9.96. The summed E-state index contributed by atoms with van der Waals surface area (Å²) in [6.07, 6.45) is -2.53. The smallest absolute Gasteiger partial charge is 0.416 e. The summed E-state index contributed by atoms with van der Waals surface area (Å²) in [7, 11) is 1.76. The Hall–Kier alpha value is -2.22. The summed E-state index contributed by atoms with van der Waals surface area (Å²) in [5, 5.41) is 1.82. The molecule has 1 fully saturated rings. The lowest BCUT2D eigenvalue weighted by Crippen LogP contribution is -2.36. The Labute approximate surface area is 218 Å². The van der Waals surface area contributed by atoms with Crippen molar-refractivity contribution < 1.29 is 22.7 Å². The number of likely N-dealkylation sites (tertiary alicyclic amines) is 1. The minimum atomic E-state index is -4.41. The number of carbonyl (C=O) groups excluding carboxylic acids is 1. The zero-order valence-electron chi connectivity index (χ0n) is 20.5. The summed E-state index contributed by atoms with van der Waals surface area (Å²) in [5.41, 5.74) is 2.57. The summed E-state index contributed by atoms with van der Waals surface area (Å²) in [6, 6.07) is 8.39. The zero-order valence-corrected chi connectivity index (χ0v) is 22.0. The molecular formula is C27H29Cl2F3N2O2. The van der Waals surface area contributed by atoms with Gasteiger partial charge in [-0.15, -0.1) is 0 Å². The van der Waals surface area contributed by atoms with E-state index in [1.54, 1.807) is 17.7 Å². The molecule has 0 aliphatic carbocycles. The van der Waals surface area contributed by atoms with Crippen LogP contribution in [-0.2, 0) is 35.7 Å². The van der Waals surface area contributed by atoms with Gasteiger partial charge >= 0.3 is 12.1 Å². The molecule has 1 aliphatic heterocycles. The van der Waals surface area contributed by atoms with Gasteiger partial charge in [0.2, 0.25) is 0 Å². The van der Waals surface area contributed by atoms with Crippen LogP contribution < -0.4 is 0 Å². The van der Waals surface area contributed by atoms with Gasteiger partial charge in [0.05, 0.1) is 23.1 Å². The summed E-state index contributed by atoms with van der Waals surface area (Å²) < 4.78 is 47.2. The molecule has 1 aromatic heterocycles. The standard InChI is InChI=1S/C27H29Cl2F3N2O2/c1-4-36-26(35)17-7-9-34(10-8-17)15-18-5-6-23(28)21(25(18)29)13-20-12-19-11-16(2)22(27(30,31)32)14-24(19)33(20)3/h5-6,11-12,14,17H,4,7-10,13,15H2,1-3H3. The van der Waals surface area contributed by atoms with Crippen LogP contribution in [-0.4, -0.2) is 35.1 Å². The van der Waals surface area contributed by atoms with Crippen molar-refractivity contribution in [2.24, 2.45) is 13.0 Å². The molecule has 194 valence electrons. The van der Waals surface area contributed by atoms with Crippen LogP contribution in [0, 0.1) is 12.8 Å². The van der Waals surface area contributed by atoms with E-state index in [0.29, 0.717) is 35.1 Å². The number of esters is 1. The number of halogens is 5. The number of benzene rings is 2. The second-order valence-corrected chi connectivity index (χ2v) is 10.2. The van der Waals surface area contributed by atoms with E-state index in [4.69, 9.17) is 27.9 Å². The van der Waals surface area contributed by atoms with Crippen LogP contribution in [0.15, 0.2) is 30.3 Å². The molecule has 3 aromatic rings. The van der Waals surface area contributed by atoms with Gasteiger partial charge in [-0.25, -0.2) is 0 Å². The van der Waals surface area contributed by atoms with E-state index >= 15 is 0 Å². The number of hydrogen-bond donors (Lipinski definition) is 0. The number of piperidine rings is 1.